The molecule has 0 aromatic carbocycles. The highest BCUT2D eigenvalue weighted by Gasteiger charge is 2.42. The van der Waals surface area contributed by atoms with Gasteiger partial charge < -0.3 is 24.7 Å². The van der Waals surface area contributed by atoms with Crippen LogP contribution in [0.15, 0.2) is 11.9 Å². The highest BCUT2D eigenvalue weighted by Crippen LogP contribution is 2.29. The van der Waals surface area contributed by atoms with Crippen LogP contribution < -0.4 is 0 Å². The number of rotatable bonds is 2. The van der Waals surface area contributed by atoms with E-state index in [1.54, 1.807) is 4.90 Å². The van der Waals surface area contributed by atoms with Crippen molar-refractivity contribution in [1.29, 1.82) is 0 Å². The van der Waals surface area contributed by atoms with Crippen molar-refractivity contribution in [1.82, 2.24) is 24.5 Å². The number of likely N-dealkylation sites (tertiary alicyclic amines) is 2. The Balaban J connectivity index is 1.35. The number of hydrogen-bond acceptors (Lipinski definition) is 5. The van der Waals surface area contributed by atoms with Gasteiger partial charge in [0.05, 0.1) is 13.3 Å². The van der Waals surface area contributed by atoms with E-state index in [1.165, 1.54) is 4.90 Å². The molecule has 3 amide bonds. The van der Waals surface area contributed by atoms with Crippen LogP contribution in [0, 0.1) is 0 Å². The van der Waals surface area contributed by atoms with Crippen molar-refractivity contribution in [3.8, 4) is 0 Å². The maximum atomic E-state index is 12.7. The van der Waals surface area contributed by atoms with Crippen molar-refractivity contribution in [2.45, 2.75) is 37.8 Å². The minimum atomic E-state index is -1.02. The summed E-state index contributed by atoms with van der Waals surface area (Å²) in [5.74, 6) is -0.00646. The summed E-state index contributed by atoms with van der Waals surface area (Å²) in [7, 11) is 1.95. The largest absolute Gasteiger partial charge is 0.465 e. The Morgan fingerprint density at radius 1 is 1.12 bits per heavy atom. The number of fused-ring (bicyclic) bond motifs is 1. The van der Waals surface area contributed by atoms with Crippen molar-refractivity contribution in [3.63, 3.8) is 0 Å². The van der Waals surface area contributed by atoms with E-state index in [-0.39, 0.29) is 17.9 Å². The topological polar surface area (TPSA) is 87.6 Å². The Hall–Kier alpha value is -2.45. The van der Waals surface area contributed by atoms with E-state index in [0.29, 0.717) is 32.7 Å². The smallest absolute Gasteiger partial charge is 0.407 e. The standard InChI is InChI=1S/C17H25N5O4/c1-18-9-14-16(24)22(11-20(14)10-18)12-4-7-19(8-5-12)15(23)13-3-2-6-21(13)17(25)26/h9,12-13H,2-8,10-11H2,1H3,(H,25,26)/t13-/m1/s1. The maximum absolute atomic E-state index is 12.7. The highest BCUT2D eigenvalue weighted by molar-refractivity contribution is 5.95. The van der Waals surface area contributed by atoms with Crippen molar-refractivity contribution in [2.24, 2.45) is 0 Å². The van der Waals surface area contributed by atoms with E-state index in [4.69, 9.17) is 0 Å². The zero-order chi connectivity index (χ0) is 18.4. The van der Waals surface area contributed by atoms with Gasteiger partial charge in [0.2, 0.25) is 5.91 Å². The zero-order valence-electron chi connectivity index (χ0n) is 15.0. The summed E-state index contributed by atoms with van der Waals surface area (Å²) in [5.41, 5.74) is 0.758. The first-order chi connectivity index (χ1) is 12.5. The molecule has 9 heteroatoms. The summed E-state index contributed by atoms with van der Waals surface area (Å²) < 4.78 is 0. The molecule has 3 saturated heterocycles. The van der Waals surface area contributed by atoms with Gasteiger partial charge in [-0.3, -0.25) is 14.5 Å². The van der Waals surface area contributed by atoms with E-state index >= 15 is 0 Å². The molecule has 0 bridgehead atoms. The fourth-order valence-electron chi connectivity index (χ4n) is 4.53. The second kappa shape index (κ2) is 6.37. The molecule has 9 nitrogen and oxygen atoms in total. The Morgan fingerprint density at radius 3 is 2.50 bits per heavy atom. The highest BCUT2D eigenvalue weighted by atomic mass is 16.4. The second-order valence-electron chi connectivity index (χ2n) is 7.56. The minimum absolute atomic E-state index is 0.0759. The average molecular weight is 363 g/mol. The van der Waals surface area contributed by atoms with Gasteiger partial charge in [0.15, 0.2) is 0 Å². The minimum Gasteiger partial charge on any atom is -0.465 e. The van der Waals surface area contributed by atoms with Gasteiger partial charge in [-0.2, -0.15) is 0 Å². The Kier molecular flexibility index (Phi) is 4.16. The summed E-state index contributed by atoms with van der Waals surface area (Å²) in [6.07, 6.45) is 3.70. The quantitative estimate of drug-likeness (QED) is 0.741. The van der Waals surface area contributed by atoms with Crippen LogP contribution in [0.4, 0.5) is 4.79 Å². The van der Waals surface area contributed by atoms with E-state index in [1.807, 2.05) is 23.0 Å². The number of carbonyl (C=O) groups is 3. The molecular formula is C17H25N5O4. The number of nitrogens with zero attached hydrogens (tertiary/aromatic N) is 5. The van der Waals surface area contributed by atoms with E-state index in [0.717, 1.165) is 31.6 Å². The van der Waals surface area contributed by atoms with Gasteiger partial charge in [0.25, 0.3) is 5.91 Å². The molecule has 4 rings (SSSR count). The van der Waals surface area contributed by atoms with Crippen molar-refractivity contribution >= 4 is 17.9 Å². The van der Waals surface area contributed by atoms with Crippen molar-refractivity contribution in [2.75, 3.05) is 40.0 Å². The van der Waals surface area contributed by atoms with Crippen LogP contribution in [0.1, 0.15) is 25.7 Å². The van der Waals surface area contributed by atoms with Crippen LogP contribution in [-0.4, -0.2) is 99.6 Å². The predicted molar refractivity (Wildman–Crippen MR) is 91.6 cm³/mol. The SMILES string of the molecule is CN1C=C2C(=O)N(C3CCN(C(=O)[C@H]4CCCN4C(=O)O)CC3)CN2C1. The van der Waals surface area contributed by atoms with Gasteiger partial charge in [-0.05, 0) is 25.7 Å². The lowest BCUT2D eigenvalue weighted by molar-refractivity contribution is -0.137. The third-order valence-corrected chi connectivity index (χ3v) is 5.88. The molecule has 1 atom stereocenters. The molecule has 0 saturated carbocycles. The van der Waals surface area contributed by atoms with Crippen molar-refractivity contribution in [3.05, 3.63) is 11.9 Å². The lowest BCUT2D eigenvalue weighted by Crippen LogP contribution is -2.52. The fraction of sp³-hybridized carbons (Fsp3) is 0.706. The molecule has 0 spiro atoms. The van der Waals surface area contributed by atoms with Crippen LogP contribution in [0.3, 0.4) is 0 Å². The van der Waals surface area contributed by atoms with Gasteiger partial charge in [-0.25, -0.2) is 4.79 Å². The van der Waals surface area contributed by atoms with Crippen LogP contribution in [0.2, 0.25) is 0 Å². The molecule has 4 aliphatic rings. The molecule has 0 unspecified atom stereocenters. The second-order valence-corrected chi connectivity index (χ2v) is 7.56. The summed E-state index contributed by atoms with van der Waals surface area (Å²) >= 11 is 0. The first-order valence-corrected chi connectivity index (χ1v) is 9.22. The molecule has 4 heterocycles. The van der Waals surface area contributed by atoms with Gasteiger partial charge >= 0.3 is 6.09 Å². The first-order valence-electron chi connectivity index (χ1n) is 9.22. The van der Waals surface area contributed by atoms with Crippen LogP contribution >= 0.6 is 0 Å². The third-order valence-electron chi connectivity index (χ3n) is 5.88. The lowest BCUT2D eigenvalue weighted by atomic mass is 10.0. The molecular weight excluding hydrogens is 338 g/mol. The van der Waals surface area contributed by atoms with E-state index in [9.17, 15) is 19.5 Å². The Morgan fingerprint density at radius 2 is 1.85 bits per heavy atom. The van der Waals surface area contributed by atoms with Crippen molar-refractivity contribution < 1.29 is 19.5 Å². The molecule has 3 fully saturated rings. The van der Waals surface area contributed by atoms with E-state index < -0.39 is 12.1 Å². The number of carboxylic acid groups (broad SMARTS) is 1. The Bertz CT molecular complexity index is 658. The molecule has 0 radical (unpaired) electrons. The first kappa shape index (κ1) is 17.0. The van der Waals surface area contributed by atoms with E-state index in [2.05, 4.69) is 4.90 Å². The summed E-state index contributed by atoms with van der Waals surface area (Å²) in [5, 5.41) is 9.24. The van der Waals surface area contributed by atoms with Crippen LogP contribution in [-0.2, 0) is 9.59 Å². The van der Waals surface area contributed by atoms with Crippen LogP contribution in [0.5, 0.6) is 0 Å². The summed E-state index contributed by atoms with van der Waals surface area (Å²) in [6.45, 7) is 2.95. The number of amides is 3. The molecule has 0 aromatic rings. The van der Waals surface area contributed by atoms with Gasteiger partial charge in [-0.15, -0.1) is 0 Å². The van der Waals surface area contributed by atoms with Crippen LogP contribution in [0.25, 0.3) is 0 Å². The summed E-state index contributed by atoms with van der Waals surface area (Å²) in [4.78, 5) is 45.6. The molecule has 142 valence electrons. The third kappa shape index (κ3) is 2.75. The normalized spacial score (nSPS) is 26.7. The fourth-order valence-corrected chi connectivity index (χ4v) is 4.53. The van der Waals surface area contributed by atoms with Gasteiger partial charge in [0.1, 0.15) is 11.7 Å². The zero-order valence-corrected chi connectivity index (χ0v) is 15.0. The molecule has 1 N–H and O–H groups in total. The molecule has 4 aliphatic heterocycles. The number of hydrogen-bond donors (Lipinski definition) is 1. The lowest BCUT2D eigenvalue weighted by Gasteiger charge is -2.38. The molecule has 0 aromatic heterocycles. The monoisotopic (exact) mass is 363 g/mol. The summed E-state index contributed by atoms with van der Waals surface area (Å²) in [6, 6.07) is -0.397. The number of carbonyl (C=O) groups excluding carboxylic acids is 2. The van der Waals surface area contributed by atoms with Gasteiger partial charge in [0, 0.05) is 38.9 Å². The predicted octanol–water partition coefficient (Wildman–Crippen LogP) is -0.0342. The maximum Gasteiger partial charge on any atom is 0.407 e. The van der Waals surface area contributed by atoms with Gasteiger partial charge in [-0.1, -0.05) is 0 Å². The number of piperidine rings is 1. The Labute approximate surface area is 152 Å². The molecule has 26 heavy (non-hydrogen) atoms. The molecule has 0 aliphatic carbocycles. The average Bonchev–Trinajstić information content (AvgIpc) is 3.31.